The van der Waals surface area contributed by atoms with Gasteiger partial charge in [0.15, 0.2) is 0 Å². The average Bonchev–Trinajstić information content (AvgIpc) is 2.68. The molecule has 2 unspecified atom stereocenters. The Morgan fingerprint density at radius 1 is 1.14 bits per heavy atom. The Morgan fingerprint density at radius 2 is 1.86 bits per heavy atom. The standard InChI is InChI=1S/C20H22F2N2O3S/c1-14(17-11-10-15(21)13-18(17)22)23-20(25)19-9-5-6-12-24(19)28(26,27)16-7-3-2-4-8-16/h2-4,7-8,10-11,13-14,19H,5-6,9,12H2,1H3,(H,23,25). The maximum atomic E-state index is 14.0. The smallest absolute Gasteiger partial charge is 0.243 e. The van der Waals surface area contributed by atoms with Gasteiger partial charge in [0.2, 0.25) is 15.9 Å². The number of rotatable bonds is 5. The van der Waals surface area contributed by atoms with E-state index in [1.807, 2.05) is 0 Å². The van der Waals surface area contributed by atoms with Crippen LogP contribution in [0.15, 0.2) is 53.4 Å². The van der Waals surface area contributed by atoms with Crippen LogP contribution in [0, 0.1) is 11.6 Å². The van der Waals surface area contributed by atoms with Gasteiger partial charge in [-0.3, -0.25) is 4.79 Å². The average molecular weight is 408 g/mol. The van der Waals surface area contributed by atoms with Gasteiger partial charge in [0.1, 0.15) is 17.7 Å². The molecule has 1 saturated heterocycles. The van der Waals surface area contributed by atoms with Crippen LogP contribution in [-0.4, -0.2) is 31.2 Å². The molecule has 1 fully saturated rings. The first-order valence-electron chi connectivity index (χ1n) is 9.13. The number of hydrogen-bond acceptors (Lipinski definition) is 3. The number of carbonyl (C=O) groups is 1. The third-order valence-corrected chi connectivity index (χ3v) is 6.82. The van der Waals surface area contributed by atoms with E-state index in [0.717, 1.165) is 18.6 Å². The molecule has 1 aliphatic rings. The number of hydrogen-bond donors (Lipinski definition) is 1. The molecule has 1 amide bonds. The number of nitrogens with one attached hydrogen (secondary N) is 1. The minimum absolute atomic E-state index is 0.132. The van der Waals surface area contributed by atoms with Crippen LogP contribution in [0.1, 0.15) is 37.8 Å². The fourth-order valence-corrected chi connectivity index (χ4v) is 5.10. The molecule has 5 nitrogen and oxygen atoms in total. The highest BCUT2D eigenvalue weighted by Gasteiger charge is 2.38. The Bertz CT molecular complexity index is 951. The van der Waals surface area contributed by atoms with E-state index in [9.17, 15) is 22.0 Å². The van der Waals surface area contributed by atoms with Gasteiger partial charge in [0.25, 0.3) is 0 Å². The second-order valence-corrected chi connectivity index (χ2v) is 8.73. The third kappa shape index (κ3) is 4.23. The Labute approximate surface area is 163 Å². The molecule has 1 N–H and O–H groups in total. The van der Waals surface area contributed by atoms with Gasteiger partial charge in [0.05, 0.1) is 10.9 Å². The molecule has 28 heavy (non-hydrogen) atoms. The molecule has 0 saturated carbocycles. The van der Waals surface area contributed by atoms with E-state index in [1.165, 1.54) is 22.5 Å². The lowest BCUT2D eigenvalue weighted by molar-refractivity contribution is -0.126. The van der Waals surface area contributed by atoms with Gasteiger partial charge >= 0.3 is 0 Å². The molecular weight excluding hydrogens is 386 g/mol. The SMILES string of the molecule is CC(NC(=O)C1CCCCN1S(=O)(=O)c1ccccc1)c1ccc(F)cc1F. The van der Waals surface area contributed by atoms with Gasteiger partial charge in [-0.2, -0.15) is 4.31 Å². The number of carbonyl (C=O) groups excluding carboxylic acids is 1. The van der Waals surface area contributed by atoms with Crippen LogP contribution in [0.25, 0.3) is 0 Å². The van der Waals surface area contributed by atoms with Crippen molar-refractivity contribution in [3.63, 3.8) is 0 Å². The summed E-state index contributed by atoms with van der Waals surface area (Å²) in [6, 6.07) is 9.52. The number of piperidine rings is 1. The Kier molecular flexibility index (Phi) is 6.10. The van der Waals surface area contributed by atoms with Crippen LogP contribution in [-0.2, 0) is 14.8 Å². The molecule has 0 bridgehead atoms. The first-order chi connectivity index (χ1) is 13.3. The maximum absolute atomic E-state index is 14.0. The Balaban J connectivity index is 1.81. The molecule has 0 aliphatic carbocycles. The molecule has 3 rings (SSSR count). The fourth-order valence-electron chi connectivity index (χ4n) is 3.42. The summed E-state index contributed by atoms with van der Waals surface area (Å²) in [5, 5.41) is 2.67. The lowest BCUT2D eigenvalue weighted by atomic mass is 10.0. The topological polar surface area (TPSA) is 66.5 Å². The van der Waals surface area contributed by atoms with Crippen LogP contribution < -0.4 is 5.32 Å². The maximum Gasteiger partial charge on any atom is 0.243 e. The number of amides is 1. The van der Waals surface area contributed by atoms with Gasteiger partial charge in [-0.05, 0) is 38.0 Å². The molecule has 2 aromatic rings. The van der Waals surface area contributed by atoms with Gasteiger partial charge < -0.3 is 5.32 Å². The molecule has 150 valence electrons. The normalized spacial score (nSPS) is 19.2. The molecule has 8 heteroatoms. The minimum atomic E-state index is -3.82. The summed E-state index contributed by atoms with van der Waals surface area (Å²) in [4.78, 5) is 13.0. The van der Waals surface area contributed by atoms with Crippen LogP contribution >= 0.6 is 0 Å². The summed E-state index contributed by atoms with van der Waals surface area (Å²) in [7, 11) is -3.82. The van der Waals surface area contributed by atoms with E-state index in [-0.39, 0.29) is 17.0 Å². The van der Waals surface area contributed by atoms with Crippen LogP contribution in [0.3, 0.4) is 0 Å². The van der Waals surface area contributed by atoms with Crippen molar-refractivity contribution in [1.29, 1.82) is 0 Å². The number of nitrogens with zero attached hydrogens (tertiary/aromatic N) is 1. The summed E-state index contributed by atoms with van der Waals surface area (Å²) >= 11 is 0. The molecule has 1 aliphatic heterocycles. The molecular formula is C20H22F2N2O3S. The number of halogens is 2. The van der Waals surface area contributed by atoms with Crippen LogP contribution in [0.2, 0.25) is 0 Å². The van der Waals surface area contributed by atoms with E-state index in [1.54, 1.807) is 25.1 Å². The third-order valence-electron chi connectivity index (χ3n) is 4.89. The van der Waals surface area contributed by atoms with Gasteiger partial charge in [-0.15, -0.1) is 0 Å². The highest BCUT2D eigenvalue weighted by atomic mass is 32.2. The van der Waals surface area contributed by atoms with Crippen molar-refractivity contribution in [2.24, 2.45) is 0 Å². The predicted octanol–water partition coefficient (Wildman–Crippen LogP) is 3.39. The molecule has 0 radical (unpaired) electrons. The van der Waals surface area contributed by atoms with Crippen molar-refractivity contribution < 1.29 is 22.0 Å². The highest BCUT2D eigenvalue weighted by molar-refractivity contribution is 7.89. The molecule has 2 atom stereocenters. The van der Waals surface area contributed by atoms with Crippen molar-refractivity contribution in [1.82, 2.24) is 9.62 Å². The molecule has 0 aromatic heterocycles. The fraction of sp³-hybridized carbons (Fsp3) is 0.350. The van der Waals surface area contributed by atoms with Crippen LogP contribution in [0.4, 0.5) is 8.78 Å². The summed E-state index contributed by atoms with van der Waals surface area (Å²) in [5.41, 5.74) is 0.142. The quantitative estimate of drug-likeness (QED) is 0.825. The second kappa shape index (κ2) is 8.36. The monoisotopic (exact) mass is 408 g/mol. The highest BCUT2D eigenvalue weighted by Crippen LogP contribution is 2.26. The summed E-state index contributed by atoms with van der Waals surface area (Å²) in [5.74, 6) is -1.95. The minimum Gasteiger partial charge on any atom is -0.348 e. The summed E-state index contributed by atoms with van der Waals surface area (Å²) in [6.45, 7) is 1.82. The first kappa shape index (κ1) is 20.4. The summed E-state index contributed by atoms with van der Waals surface area (Å²) in [6.07, 6.45) is 1.77. The van der Waals surface area contributed by atoms with Crippen LogP contribution in [0.5, 0.6) is 0 Å². The van der Waals surface area contributed by atoms with Crippen molar-refractivity contribution in [3.05, 3.63) is 65.7 Å². The Hall–Kier alpha value is -2.32. The largest absolute Gasteiger partial charge is 0.348 e. The van der Waals surface area contributed by atoms with Gasteiger partial charge in [-0.25, -0.2) is 17.2 Å². The molecule has 0 spiro atoms. The molecule has 2 aromatic carbocycles. The van der Waals surface area contributed by atoms with E-state index in [2.05, 4.69) is 5.32 Å². The predicted molar refractivity (Wildman–Crippen MR) is 101 cm³/mol. The summed E-state index contributed by atoms with van der Waals surface area (Å²) < 4.78 is 54.3. The van der Waals surface area contributed by atoms with Gasteiger partial charge in [0, 0.05) is 18.2 Å². The van der Waals surface area contributed by atoms with E-state index in [0.29, 0.717) is 12.8 Å². The van der Waals surface area contributed by atoms with E-state index >= 15 is 0 Å². The van der Waals surface area contributed by atoms with E-state index in [4.69, 9.17) is 0 Å². The van der Waals surface area contributed by atoms with Crippen molar-refractivity contribution in [2.75, 3.05) is 6.54 Å². The van der Waals surface area contributed by atoms with Gasteiger partial charge in [-0.1, -0.05) is 30.7 Å². The van der Waals surface area contributed by atoms with Crippen molar-refractivity contribution in [2.45, 2.75) is 43.2 Å². The zero-order valence-corrected chi connectivity index (χ0v) is 16.3. The zero-order valence-electron chi connectivity index (χ0n) is 15.4. The zero-order chi connectivity index (χ0) is 20.3. The van der Waals surface area contributed by atoms with Crippen molar-refractivity contribution >= 4 is 15.9 Å². The Morgan fingerprint density at radius 3 is 2.54 bits per heavy atom. The lowest BCUT2D eigenvalue weighted by Crippen LogP contribution is -2.52. The van der Waals surface area contributed by atoms with E-state index < -0.39 is 39.6 Å². The number of benzene rings is 2. The second-order valence-electron chi connectivity index (χ2n) is 6.84. The lowest BCUT2D eigenvalue weighted by Gasteiger charge is -2.34. The number of sulfonamides is 1. The molecule has 1 heterocycles. The van der Waals surface area contributed by atoms with Crippen molar-refractivity contribution in [3.8, 4) is 0 Å². The first-order valence-corrected chi connectivity index (χ1v) is 10.6.